The van der Waals surface area contributed by atoms with Gasteiger partial charge in [-0.3, -0.25) is 0 Å². The lowest BCUT2D eigenvalue weighted by molar-refractivity contribution is -0.131. The fourth-order valence-electron chi connectivity index (χ4n) is 3.46. The molecule has 0 radical (unpaired) electrons. The predicted octanol–water partition coefficient (Wildman–Crippen LogP) is 2.21. The van der Waals surface area contributed by atoms with Gasteiger partial charge in [0.1, 0.15) is 5.60 Å². The molecule has 0 aromatic heterocycles. The Morgan fingerprint density at radius 1 is 1.41 bits per heavy atom. The normalized spacial score (nSPS) is 29.1. The van der Waals surface area contributed by atoms with Crippen LogP contribution >= 0.6 is 0 Å². The number of aliphatic hydroxyl groups is 1. The standard InChI is InChI=1S/C17H24FNO3/c18-14-5-1-2-6-15(14)21-11-4-9-19-10-7-16(20)17(13-19)8-3-12-22-17/h1-2,5-6,16,20H,3-4,7-13H2/t16-,17-/m0/s1. The van der Waals surface area contributed by atoms with Gasteiger partial charge in [-0.25, -0.2) is 4.39 Å². The number of aliphatic hydroxyl groups excluding tert-OH is 1. The van der Waals surface area contributed by atoms with Gasteiger partial charge in [-0.1, -0.05) is 12.1 Å². The van der Waals surface area contributed by atoms with E-state index in [4.69, 9.17) is 9.47 Å². The summed E-state index contributed by atoms with van der Waals surface area (Å²) in [7, 11) is 0. The van der Waals surface area contributed by atoms with Crippen molar-refractivity contribution in [1.82, 2.24) is 4.90 Å². The summed E-state index contributed by atoms with van der Waals surface area (Å²) >= 11 is 0. The Balaban J connectivity index is 1.43. The van der Waals surface area contributed by atoms with Crippen LogP contribution in [0.25, 0.3) is 0 Å². The third-order valence-corrected chi connectivity index (χ3v) is 4.66. The van der Waals surface area contributed by atoms with Gasteiger partial charge in [-0.15, -0.1) is 0 Å². The molecule has 1 aromatic carbocycles. The van der Waals surface area contributed by atoms with Gasteiger partial charge in [-0.05, 0) is 37.8 Å². The number of hydrogen-bond acceptors (Lipinski definition) is 4. The molecule has 0 aliphatic carbocycles. The monoisotopic (exact) mass is 309 g/mol. The first-order valence-electron chi connectivity index (χ1n) is 8.11. The van der Waals surface area contributed by atoms with Crippen molar-refractivity contribution in [2.75, 3.05) is 32.8 Å². The van der Waals surface area contributed by atoms with E-state index in [0.717, 1.165) is 51.9 Å². The smallest absolute Gasteiger partial charge is 0.165 e. The minimum Gasteiger partial charge on any atom is -0.490 e. The van der Waals surface area contributed by atoms with E-state index in [1.807, 2.05) is 0 Å². The minimum atomic E-state index is -0.357. The van der Waals surface area contributed by atoms with Gasteiger partial charge in [0, 0.05) is 26.2 Å². The highest BCUT2D eigenvalue weighted by Crippen LogP contribution is 2.34. The fourth-order valence-corrected chi connectivity index (χ4v) is 3.46. The van der Waals surface area contributed by atoms with Gasteiger partial charge in [0.15, 0.2) is 11.6 Å². The van der Waals surface area contributed by atoms with Crippen LogP contribution in [0.4, 0.5) is 4.39 Å². The lowest BCUT2D eigenvalue weighted by Gasteiger charge is -2.43. The molecule has 1 spiro atoms. The summed E-state index contributed by atoms with van der Waals surface area (Å²) in [6.07, 6.45) is 3.22. The van der Waals surface area contributed by atoms with Crippen molar-refractivity contribution >= 4 is 0 Å². The molecule has 1 aromatic rings. The van der Waals surface area contributed by atoms with Crippen LogP contribution in [0.3, 0.4) is 0 Å². The molecule has 2 aliphatic rings. The number of hydrogen-bond donors (Lipinski definition) is 1. The van der Waals surface area contributed by atoms with Crippen LogP contribution < -0.4 is 4.74 Å². The molecule has 2 aliphatic heterocycles. The van der Waals surface area contributed by atoms with Gasteiger partial charge in [0.05, 0.1) is 12.7 Å². The van der Waals surface area contributed by atoms with E-state index in [2.05, 4.69) is 4.90 Å². The molecule has 0 saturated carbocycles. The number of piperidine rings is 1. The first-order valence-corrected chi connectivity index (χ1v) is 8.11. The molecule has 0 unspecified atom stereocenters. The summed E-state index contributed by atoms with van der Waals surface area (Å²) in [4.78, 5) is 2.32. The average Bonchev–Trinajstić information content (AvgIpc) is 2.98. The zero-order valence-corrected chi connectivity index (χ0v) is 12.8. The van der Waals surface area contributed by atoms with E-state index in [1.165, 1.54) is 6.07 Å². The fraction of sp³-hybridized carbons (Fsp3) is 0.647. The number of nitrogens with zero attached hydrogens (tertiary/aromatic N) is 1. The zero-order valence-electron chi connectivity index (χ0n) is 12.8. The molecule has 3 rings (SSSR count). The Morgan fingerprint density at radius 2 is 2.27 bits per heavy atom. The van der Waals surface area contributed by atoms with Crippen LogP contribution in [0.1, 0.15) is 25.7 Å². The van der Waals surface area contributed by atoms with Gasteiger partial charge >= 0.3 is 0 Å². The largest absolute Gasteiger partial charge is 0.490 e. The maximum atomic E-state index is 13.4. The highest BCUT2D eigenvalue weighted by Gasteiger charge is 2.45. The second kappa shape index (κ2) is 6.94. The third-order valence-electron chi connectivity index (χ3n) is 4.66. The van der Waals surface area contributed by atoms with E-state index < -0.39 is 0 Å². The summed E-state index contributed by atoms with van der Waals surface area (Å²) in [5, 5.41) is 10.2. The molecule has 2 saturated heterocycles. The zero-order chi connectivity index (χ0) is 15.4. The number of rotatable bonds is 5. The maximum absolute atomic E-state index is 13.4. The number of likely N-dealkylation sites (tertiary alicyclic amines) is 1. The van der Waals surface area contributed by atoms with Gasteiger partial charge in [0.2, 0.25) is 0 Å². The van der Waals surface area contributed by atoms with Crippen LogP contribution in [-0.2, 0) is 4.74 Å². The lowest BCUT2D eigenvalue weighted by Crippen LogP contribution is -2.56. The quantitative estimate of drug-likeness (QED) is 0.847. The molecule has 1 N–H and O–H groups in total. The summed E-state index contributed by atoms with van der Waals surface area (Å²) in [5.41, 5.74) is -0.357. The number of para-hydroxylation sites is 1. The van der Waals surface area contributed by atoms with E-state index in [-0.39, 0.29) is 17.5 Å². The molecule has 4 nitrogen and oxygen atoms in total. The summed E-state index contributed by atoms with van der Waals surface area (Å²) < 4.78 is 24.8. The van der Waals surface area contributed by atoms with Gasteiger partial charge in [-0.2, -0.15) is 0 Å². The number of ether oxygens (including phenoxy) is 2. The number of benzene rings is 1. The molecule has 22 heavy (non-hydrogen) atoms. The maximum Gasteiger partial charge on any atom is 0.165 e. The van der Waals surface area contributed by atoms with Crippen molar-refractivity contribution in [3.63, 3.8) is 0 Å². The lowest BCUT2D eigenvalue weighted by atomic mass is 9.87. The highest BCUT2D eigenvalue weighted by atomic mass is 19.1. The van der Waals surface area contributed by atoms with Crippen LogP contribution in [0, 0.1) is 5.82 Å². The highest BCUT2D eigenvalue weighted by molar-refractivity contribution is 5.23. The molecule has 0 bridgehead atoms. The molecule has 5 heteroatoms. The summed E-state index contributed by atoms with van der Waals surface area (Å²) in [6.45, 7) is 3.79. The molecule has 122 valence electrons. The Bertz CT molecular complexity index is 491. The van der Waals surface area contributed by atoms with Crippen molar-refractivity contribution in [3.05, 3.63) is 30.1 Å². The van der Waals surface area contributed by atoms with Crippen LogP contribution in [0.2, 0.25) is 0 Å². The van der Waals surface area contributed by atoms with Crippen LogP contribution in [0.15, 0.2) is 24.3 Å². The molecule has 0 amide bonds. The number of halogens is 1. The first-order chi connectivity index (χ1) is 10.7. The third kappa shape index (κ3) is 3.42. The first kappa shape index (κ1) is 15.7. The predicted molar refractivity (Wildman–Crippen MR) is 81.5 cm³/mol. The second-order valence-electron chi connectivity index (χ2n) is 6.23. The molecular weight excluding hydrogens is 285 g/mol. The van der Waals surface area contributed by atoms with Crippen molar-refractivity contribution in [2.24, 2.45) is 0 Å². The minimum absolute atomic E-state index is 0.312. The topological polar surface area (TPSA) is 41.9 Å². The Morgan fingerprint density at radius 3 is 3.05 bits per heavy atom. The van der Waals surface area contributed by atoms with Crippen molar-refractivity contribution in [3.8, 4) is 5.75 Å². The van der Waals surface area contributed by atoms with Crippen molar-refractivity contribution < 1.29 is 19.0 Å². The van der Waals surface area contributed by atoms with E-state index in [1.54, 1.807) is 18.2 Å². The van der Waals surface area contributed by atoms with Crippen LogP contribution in [0.5, 0.6) is 5.75 Å². The van der Waals surface area contributed by atoms with Gasteiger partial charge in [0.25, 0.3) is 0 Å². The van der Waals surface area contributed by atoms with Gasteiger partial charge < -0.3 is 19.5 Å². The average molecular weight is 309 g/mol. The van der Waals surface area contributed by atoms with Crippen LogP contribution in [-0.4, -0.2) is 54.6 Å². The Kier molecular flexibility index (Phi) is 4.96. The molecule has 2 heterocycles. The Hall–Kier alpha value is -1.17. The molecular formula is C17H24FNO3. The van der Waals surface area contributed by atoms with E-state index in [9.17, 15) is 9.50 Å². The Labute approximate surface area is 130 Å². The van der Waals surface area contributed by atoms with E-state index >= 15 is 0 Å². The second-order valence-corrected chi connectivity index (χ2v) is 6.23. The van der Waals surface area contributed by atoms with E-state index in [0.29, 0.717) is 12.4 Å². The summed E-state index contributed by atoms with van der Waals surface area (Å²) in [5.74, 6) is -0.00549. The summed E-state index contributed by atoms with van der Waals surface area (Å²) in [6, 6.07) is 6.48. The van der Waals surface area contributed by atoms with Crippen molar-refractivity contribution in [1.29, 1.82) is 0 Å². The molecule has 2 fully saturated rings. The molecule has 2 atom stereocenters. The SMILES string of the molecule is O[C@H]1CCN(CCCOc2ccccc2F)C[C@@]12CCCO2. The van der Waals surface area contributed by atoms with Crippen molar-refractivity contribution in [2.45, 2.75) is 37.4 Å².